The first kappa shape index (κ1) is 18.5. The Bertz CT molecular complexity index is 760. The predicted octanol–water partition coefficient (Wildman–Crippen LogP) is 3.53. The monoisotopic (exact) mass is 453 g/mol. The molecule has 136 valence electrons. The Labute approximate surface area is 166 Å². The van der Waals surface area contributed by atoms with E-state index in [9.17, 15) is 0 Å². The lowest BCUT2D eigenvalue weighted by Gasteiger charge is -2.25. The molecule has 1 aliphatic carbocycles. The van der Waals surface area contributed by atoms with E-state index >= 15 is 0 Å². The highest BCUT2D eigenvalue weighted by molar-refractivity contribution is 14.0. The number of benzene rings is 1. The number of guanidine groups is 1. The van der Waals surface area contributed by atoms with Crippen molar-refractivity contribution in [2.75, 3.05) is 20.1 Å². The minimum atomic E-state index is 0. The van der Waals surface area contributed by atoms with Crippen LogP contribution >= 0.6 is 24.0 Å². The largest absolute Gasteiger partial charge is 0.349 e. The molecular formula is C19H28IN5. The van der Waals surface area contributed by atoms with Crippen LogP contribution in [0.1, 0.15) is 37.9 Å². The summed E-state index contributed by atoms with van der Waals surface area (Å²) >= 11 is 0. The second-order valence-corrected chi connectivity index (χ2v) is 7.36. The Balaban J connectivity index is 0.00000182. The van der Waals surface area contributed by atoms with Crippen LogP contribution in [-0.4, -0.2) is 40.5 Å². The van der Waals surface area contributed by atoms with Gasteiger partial charge in [0.1, 0.15) is 5.82 Å². The van der Waals surface area contributed by atoms with Crippen LogP contribution in [0.5, 0.6) is 0 Å². The van der Waals surface area contributed by atoms with Crippen LogP contribution in [0, 0.1) is 5.41 Å². The summed E-state index contributed by atoms with van der Waals surface area (Å²) in [5.41, 5.74) is 2.79. The van der Waals surface area contributed by atoms with Gasteiger partial charge in [-0.15, -0.1) is 24.0 Å². The highest BCUT2D eigenvalue weighted by Crippen LogP contribution is 2.45. The first-order valence-corrected chi connectivity index (χ1v) is 9.07. The molecule has 1 aromatic heterocycles. The fourth-order valence-electron chi connectivity index (χ4n) is 4.49. The van der Waals surface area contributed by atoms with Crippen molar-refractivity contribution in [1.29, 1.82) is 0 Å². The van der Waals surface area contributed by atoms with Crippen molar-refractivity contribution in [3.05, 3.63) is 30.1 Å². The third-order valence-electron chi connectivity index (χ3n) is 5.90. The molecular weight excluding hydrogens is 425 g/mol. The maximum absolute atomic E-state index is 4.74. The van der Waals surface area contributed by atoms with E-state index < -0.39 is 0 Å². The number of nitrogens with zero attached hydrogens (tertiary/aromatic N) is 4. The van der Waals surface area contributed by atoms with Crippen molar-refractivity contribution in [2.45, 2.75) is 38.6 Å². The first-order valence-electron chi connectivity index (χ1n) is 9.07. The molecule has 0 amide bonds. The van der Waals surface area contributed by atoms with Crippen molar-refractivity contribution < 1.29 is 0 Å². The van der Waals surface area contributed by atoms with Crippen LogP contribution in [0.25, 0.3) is 11.0 Å². The summed E-state index contributed by atoms with van der Waals surface area (Å²) in [7, 11) is 3.97. The number of hydrogen-bond acceptors (Lipinski definition) is 2. The summed E-state index contributed by atoms with van der Waals surface area (Å²) < 4.78 is 2.16. The van der Waals surface area contributed by atoms with E-state index in [4.69, 9.17) is 4.98 Å². The van der Waals surface area contributed by atoms with Crippen molar-refractivity contribution in [1.82, 2.24) is 19.8 Å². The van der Waals surface area contributed by atoms with Crippen LogP contribution in [-0.2, 0) is 13.6 Å². The first-order chi connectivity index (χ1) is 11.7. The smallest absolute Gasteiger partial charge is 0.194 e. The van der Waals surface area contributed by atoms with Gasteiger partial charge in [-0.2, -0.15) is 0 Å². The van der Waals surface area contributed by atoms with Gasteiger partial charge in [0.25, 0.3) is 0 Å². The number of aryl methyl sites for hydroxylation is 1. The van der Waals surface area contributed by atoms with Gasteiger partial charge in [-0.05, 0) is 36.8 Å². The number of nitrogens with one attached hydrogen (secondary N) is 1. The lowest BCUT2D eigenvalue weighted by atomic mass is 9.86. The zero-order valence-corrected chi connectivity index (χ0v) is 17.5. The summed E-state index contributed by atoms with van der Waals surface area (Å²) in [5, 5.41) is 3.53. The average Bonchev–Trinajstić information content (AvgIpc) is 3.31. The Hall–Kier alpha value is -1.31. The number of imidazole rings is 1. The van der Waals surface area contributed by atoms with E-state index in [0.717, 1.165) is 30.4 Å². The van der Waals surface area contributed by atoms with Gasteiger partial charge in [0.05, 0.1) is 17.6 Å². The molecule has 1 spiro atoms. The van der Waals surface area contributed by atoms with Gasteiger partial charge in [-0.3, -0.25) is 4.99 Å². The van der Waals surface area contributed by atoms with Crippen LogP contribution in [0.15, 0.2) is 29.3 Å². The summed E-state index contributed by atoms with van der Waals surface area (Å²) in [5.74, 6) is 2.07. The lowest BCUT2D eigenvalue weighted by molar-refractivity contribution is 0.309. The molecule has 1 N–H and O–H groups in total. The van der Waals surface area contributed by atoms with Gasteiger partial charge in [0.15, 0.2) is 5.96 Å². The number of para-hydroxylation sites is 2. The van der Waals surface area contributed by atoms with Gasteiger partial charge >= 0.3 is 0 Å². The van der Waals surface area contributed by atoms with E-state index in [-0.39, 0.29) is 24.0 Å². The van der Waals surface area contributed by atoms with Crippen molar-refractivity contribution >= 4 is 41.0 Å². The second-order valence-electron chi connectivity index (χ2n) is 7.36. The molecule has 5 nitrogen and oxygen atoms in total. The normalized spacial score (nSPS) is 19.6. The molecule has 0 bridgehead atoms. The number of aromatic nitrogens is 2. The molecule has 2 heterocycles. The molecule has 6 heteroatoms. The van der Waals surface area contributed by atoms with Crippen LogP contribution < -0.4 is 5.32 Å². The lowest BCUT2D eigenvalue weighted by Crippen LogP contribution is -2.41. The molecule has 0 atom stereocenters. The molecule has 4 rings (SSSR count). The summed E-state index contributed by atoms with van der Waals surface area (Å²) in [4.78, 5) is 11.7. The van der Waals surface area contributed by atoms with E-state index in [1.54, 1.807) is 0 Å². The number of halogens is 1. The number of fused-ring (bicyclic) bond motifs is 1. The van der Waals surface area contributed by atoms with Gasteiger partial charge in [0, 0.05) is 27.2 Å². The molecule has 1 aliphatic heterocycles. The van der Waals surface area contributed by atoms with Gasteiger partial charge < -0.3 is 14.8 Å². The van der Waals surface area contributed by atoms with E-state index in [1.165, 1.54) is 37.6 Å². The minimum Gasteiger partial charge on any atom is -0.349 e. The maximum Gasteiger partial charge on any atom is 0.194 e. The third-order valence-corrected chi connectivity index (χ3v) is 5.90. The summed E-state index contributed by atoms with van der Waals surface area (Å²) in [6.07, 6.45) is 6.91. The Kier molecular flexibility index (Phi) is 5.55. The highest BCUT2D eigenvalue weighted by atomic mass is 127. The zero-order chi connectivity index (χ0) is 16.6. The average molecular weight is 453 g/mol. The third kappa shape index (κ3) is 3.50. The minimum absolute atomic E-state index is 0. The molecule has 25 heavy (non-hydrogen) atoms. The molecule has 2 fully saturated rings. The Morgan fingerprint density at radius 2 is 2.00 bits per heavy atom. The van der Waals surface area contributed by atoms with Crippen LogP contribution in [0.4, 0.5) is 0 Å². The topological polar surface area (TPSA) is 45.5 Å². The Morgan fingerprint density at radius 1 is 1.24 bits per heavy atom. The summed E-state index contributed by atoms with van der Waals surface area (Å²) in [6.45, 7) is 3.00. The van der Waals surface area contributed by atoms with Crippen molar-refractivity contribution in [2.24, 2.45) is 17.5 Å². The van der Waals surface area contributed by atoms with E-state index in [0.29, 0.717) is 12.0 Å². The molecule has 2 aromatic rings. The van der Waals surface area contributed by atoms with Gasteiger partial charge in [-0.1, -0.05) is 25.0 Å². The highest BCUT2D eigenvalue weighted by Gasteiger charge is 2.41. The second kappa shape index (κ2) is 7.51. The predicted molar refractivity (Wildman–Crippen MR) is 113 cm³/mol. The van der Waals surface area contributed by atoms with E-state index in [2.05, 4.69) is 45.0 Å². The van der Waals surface area contributed by atoms with Gasteiger partial charge in [-0.25, -0.2) is 4.98 Å². The maximum atomic E-state index is 4.74. The fourth-order valence-corrected chi connectivity index (χ4v) is 4.49. The molecule has 1 saturated carbocycles. The molecule has 1 aromatic carbocycles. The number of aliphatic imine (C=N–C) groups is 1. The number of likely N-dealkylation sites (tertiary alicyclic amines) is 1. The van der Waals surface area contributed by atoms with Crippen molar-refractivity contribution in [3.8, 4) is 0 Å². The summed E-state index contributed by atoms with van der Waals surface area (Å²) in [6, 6.07) is 8.28. The standard InChI is InChI=1S/C19H27N5.HI/c1-20-18(24-12-11-19(14-24)9-5-6-10-19)21-13-17-22-15-7-3-4-8-16(15)23(17)2;/h3-4,7-8H,5-6,9-14H2,1-2H3,(H,20,21);1H. The van der Waals surface area contributed by atoms with Crippen LogP contribution in [0.2, 0.25) is 0 Å². The SMILES string of the molecule is CN=C(NCc1nc2ccccc2n1C)N1CCC2(CCCC2)C1.I. The van der Waals surface area contributed by atoms with Crippen LogP contribution in [0.3, 0.4) is 0 Å². The van der Waals surface area contributed by atoms with E-state index in [1.807, 2.05) is 13.1 Å². The fraction of sp³-hybridized carbons (Fsp3) is 0.579. The van der Waals surface area contributed by atoms with Crippen molar-refractivity contribution in [3.63, 3.8) is 0 Å². The number of hydrogen-bond donors (Lipinski definition) is 1. The molecule has 0 unspecified atom stereocenters. The quantitative estimate of drug-likeness (QED) is 0.430. The molecule has 0 radical (unpaired) electrons. The molecule has 2 aliphatic rings. The molecule has 1 saturated heterocycles. The number of rotatable bonds is 2. The zero-order valence-electron chi connectivity index (χ0n) is 15.2. The van der Waals surface area contributed by atoms with Gasteiger partial charge in [0.2, 0.25) is 0 Å². The Morgan fingerprint density at radius 3 is 2.72 bits per heavy atom.